The van der Waals surface area contributed by atoms with E-state index in [2.05, 4.69) is 0 Å². The highest BCUT2D eigenvalue weighted by molar-refractivity contribution is 5.95. The highest BCUT2D eigenvalue weighted by Gasteiger charge is 2.43. The first-order valence-corrected chi connectivity index (χ1v) is 9.14. The smallest absolute Gasteiger partial charge is 0.311 e. The van der Waals surface area contributed by atoms with Gasteiger partial charge in [0.1, 0.15) is 5.82 Å². The minimum atomic E-state index is -1.05. The Morgan fingerprint density at radius 3 is 2.33 bits per heavy atom. The molecule has 1 aliphatic heterocycles. The lowest BCUT2D eigenvalue weighted by atomic mass is 9.75. The Morgan fingerprint density at radius 1 is 1.11 bits per heavy atom. The molecule has 27 heavy (non-hydrogen) atoms. The number of piperidine rings is 1. The Morgan fingerprint density at radius 2 is 1.74 bits per heavy atom. The summed E-state index contributed by atoms with van der Waals surface area (Å²) in [4.78, 5) is 26.8. The Kier molecular flexibility index (Phi) is 5.31. The van der Waals surface area contributed by atoms with Crippen LogP contribution in [0.25, 0.3) is 0 Å². The molecule has 0 bridgehead atoms. The standard InChI is InChI=1S/C22H24FNO3/c1-15-10-16(2)12-18(11-15)20(25)24-9-3-8-22(14-24,21(26)27)13-17-4-6-19(23)7-5-17/h4-7,10-12H,3,8-9,13-14H2,1-2H3,(H,26,27)/t22-/m1/s1. The summed E-state index contributed by atoms with van der Waals surface area (Å²) in [6.07, 6.45) is 1.40. The van der Waals surface area contributed by atoms with Gasteiger partial charge in [-0.2, -0.15) is 0 Å². The second kappa shape index (κ2) is 7.51. The van der Waals surface area contributed by atoms with Gasteiger partial charge in [0.25, 0.3) is 5.91 Å². The molecule has 4 nitrogen and oxygen atoms in total. The van der Waals surface area contributed by atoms with E-state index in [9.17, 15) is 19.1 Å². The van der Waals surface area contributed by atoms with Crippen molar-refractivity contribution in [3.8, 4) is 0 Å². The van der Waals surface area contributed by atoms with Crippen molar-refractivity contribution in [1.82, 2.24) is 4.90 Å². The predicted molar refractivity (Wildman–Crippen MR) is 101 cm³/mol. The molecule has 1 amide bonds. The molecule has 0 unspecified atom stereocenters. The lowest BCUT2D eigenvalue weighted by Gasteiger charge is -2.40. The monoisotopic (exact) mass is 369 g/mol. The van der Waals surface area contributed by atoms with Crippen molar-refractivity contribution < 1.29 is 19.1 Å². The third-order valence-electron chi connectivity index (χ3n) is 5.24. The number of benzene rings is 2. The average molecular weight is 369 g/mol. The van der Waals surface area contributed by atoms with E-state index >= 15 is 0 Å². The summed E-state index contributed by atoms with van der Waals surface area (Å²) in [6.45, 7) is 4.59. The number of rotatable bonds is 4. The van der Waals surface area contributed by atoms with Gasteiger partial charge in [0.15, 0.2) is 0 Å². The number of aryl methyl sites for hydroxylation is 2. The van der Waals surface area contributed by atoms with E-state index in [-0.39, 0.29) is 24.7 Å². The number of carbonyl (C=O) groups is 2. The van der Waals surface area contributed by atoms with Gasteiger partial charge in [0, 0.05) is 18.7 Å². The second-order valence-corrected chi connectivity index (χ2v) is 7.60. The maximum absolute atomic E-state index is 13.2. The zero-order valence-corrected chi connectivity index (χ0v) is 15.7. The molecule has 0 radical (unpaired) electrons. The summed E-state index contributed by atoms with van der Waals surface area (Å²) >= 11 is 0. The molecule has 1 heterocycles. The topological polar surface area (TPSA) is 57.6 Å². The Balaban J connectivity index is 1.85. The van der Waals surface area contributed by atoms with Gasteiger partial charge in [-0.3, -0.25) is 9.59 Å². The van der Waals surface area contributed by atoms with Crippen LogP contribution in [-0.2, 0) is 11.2 Å². The first-order chi connectivity index (χ1) is 12.8. The number of nitrogens with zero attached hydrogens (tertiary/aromatic N) is 1. The van der Waals surface area contributed by atoms with Gasteiger partial charge in [-0.25, -0.2) is 4.39 Å². The summed E-state index contributed by atoms with van der Waals surface area (Å²) in [5, 5.41) is 9.95. The molecule has 0 spiro atoms. The summed E-state index contributed by atoms with van der Waals surface area (Å²) in [6, 6.07) is 11.6. The number of halogens is 1. The zero-order valence-electron chi connectivity index (χ0n) is 15.7. The van der Waals surface area contributed by atoms with Crippen molar-refractivity contribution in [2.75, 3.05) is 13.1 Å². The van der Waals surface area contributed by atoms with Crippen LogP contribution < -0.4 is 0 Å². The zero-order chi connectivity index (χ0) is 19.6. The molecule has 1 N–H and O–H groups in total. The van der Waals surface area contributed by atoms with Crippen LogP contribution in [0.4, 0.5) is 4.39 Å². The van der Waals surface area contributed by atoms with Crippen LogP contribution in [0, 0.1) is 25.1 Å². The maximum Gasteiger partial charge on any atom is 0.311 e. The van der Waals surface area contributed by atoms with Gasteiger partial charge < -0.3 is 10.0 Å². The SMILES string of the molecule is Cc1cc(C)cc(C(=O)N2CCC[C@](Cc3ccc(F)cc3)(C(=O)O)C2)c1. The van der Waals surface area contributed by atoms with Crippen molar-refractivity contribution in [2.45, 2.75) is 33.1 Å². The fourth-order valence-corrected chi connectivity index (χ4v) is 3.97. The molecule has 2 aromatic carbocycles. The van der Waals surface area contributed by atoms with Crippen molar-refractivity contribution in [1.29, 1.82) is 0 Å². The first kappa shape index (κ1) is 19.1. The number of hydrogen-bond donors (Lipinski definition) is 1. The van der Waals surface area contributed by atoms with Gasteiger partial charge in [-0.15, -0.1) is 0 Å². The van der Waals surface area contributed by atoms with Crippen molar-refractivity contribution in [3.63, 3.8) is 0 Å². The molecule has 1 atom stereocenters. The minimum Gasteiger partial charge on any atom is -0.481 e. The van der Waals surface area contributed by atoms with E-state index in [1.807, 2.05) is 32.0 Å². The Bertz CT molecular complexity index is 842. The predicted octanol–water partition coefficient (Wildman–Crippen LogP) is 3.99. The van der Waals surface area contributed by atoms with Crippen LogP contribution >= 0.6 is 0 Å². The highest BCUT2D eigenvalue weighted by Crippen LogP contribution is 2.35. The fourth-order valence-electron chi connectivity index (χ4n) is 3.97. The number of likely N-dealkylation sites (tertiary alicyclic amines) is 1. The Labute approximate surface area is 158 Å². The van der Waals surface area contributed by atoms with Crippen LogP contribution in [0.2, 0.25) is 0 Å². The second-order valence-electron chi connectivity index (χ2n) is 7.60. The Hall–Kier alpha value is -2.69. The van der Waals surface area contributed by atoms with Crippen LogP contribution in [-0.4, -0.2) is 35.0 Å². The highest BCUT2D eigenvalue weighted by atomic mass is 19.1. The molecule has 142 valence electrons. The number of carbonyl (C=O) groups excluding carboxylic acids is 1. The summed E-state index contributed by atoms with van der Waals surface area (Å²) in [5.41, 5.74) is 2.32. The number of carboxylic acid groups (broad SMARTS) is 1. The molecule has 1 saturated heterocycles. The average Bonchev–Trinajstić information content (AvgIpc) is 2.62. The third-order valence-corrected chi connectivity index (χ3v) is 5.24. The van der Waals surface area contributed by atoms with Crippen LogP contribution in [0.3, 0.4) is 0 Å². The van der Waals surface area contributed by atoms with Gasteiger partial charge >= 0.3 is 5.97 Å². The van der Waals surface area contributed by atoms with E-state index in [1.165, 1.54) is 12.1 Å². The summed E-state index contributed by atoms with van der Waals surface area (Å²) < 4.78 is 13.2. The van der Waals surface area contributed by atoms with Crippen molar-refractivity contribution in [2.24, 2.45) is 5.41 Å². The van der Waals surface area contributed by atoms with E-state index in [1.54, 1.807) is 17.0 Å². The van der Waals surface area contributed by atoms with Gasteiger partial charge in [-0.05, 0) is 62.9 Å². The van der Waals surface area contributed by atoms with Crippen LogP contribution in [0.5, 0.6) is 0 Å². The fraction of sp³-hybridized carbons (Fsp3) is 0.364. The summed E-state index contributed by atoms with van der Waals surface area (Å²) in [5.74, 6) is -1.39. The third kappa shape index (κ3) is 4.18. The van der Waals surface area contributed by atoms with Gasteiger partial charge in [0.2, 0.25) is 0 Å². The molecule has 1 fully saturated rings. The molecular weight excluding hydrogens is 345 g/mol. The minimum absolute atomic E-state index is 0.133. The van der Waals surface area contributed by atoms with E-state index in [4.69, 9.17) is 0 Å². The number of carboxylic acids is 1. The number of aliphatic carboxylic acids is 1. The molecular formula is C22H24FNO3. The van der Waals surface area contributed by atoms with Gasteiger partial charge in [0.05, 0.1) is 5.41 Å². The molecule has 3 rings (SSSR count). The summed E-state index contributed by atoms with van der Waals surface area (Å²) in [7, 11) is 0. The van der Waals surface area contributed by atoms with E-state index in [0.717, 1.165) is 16.7 Å². The molecule has 0 saturated carbocycles. The number of hydrogen-bond acceptors (Lipinski definition) is 2. The van der Waals surface area contributed by atoms with Crippen LogP contribution in [0.15, 0.2) is 42.5 Å². The maximum atomic E-state index is 13.2. The molecule has 0 aromatic heterocycles. The normalized spacial score (nSPS) is 19.7. The van der Waals surface area contributed by atoms with Crippen LogP contribution in [0.1, 0.15) is 39.9 Å². The molecule has 5 heteroatoms. The first-order valence-electron chi connectivity index (χ1n) is 9.14. The lowest BCUT2D eigenvalue weighted by Crippen LogP contribution is -2.51. The van der Waals surface area contributed by atoms with Gasteiger partial charge in [-0.1, -0.05) is 29.3 Å². The number of amides is 1. The van der Waals surface area contributed by atoms with E-state index in [0.29, 0.717) is 24.9 Å². The van der Waals surface area contributed by atoms with Crippen molar-refractivity contribution in [3.05, 3.63) is 70.5 Å². The lowest BCUT2D eigenvalue weighted by molar-refractivity contribution is -0.151. The molecule has 1 aliphatic rings. The molecule has 2 aromatic rings. The quantitative estimate of drug-likeness (QED) is 0.886. The van der Waals surface area contributed by atoms with E-state index < -0.39 is 11.4 Å². The molecule has 0 aliphatic carbocycles. The largest absolute Gasteiger partial charge is 0.481 e. The van der Waals surface area contributed by atoms with Crippen molar-refractivity contribution >= 4 is 11.9 Å².